The van der Waals surface area contributed by atoms with E-state index in [1.165, 1.54) is 89.9 Å². The summed E-state index contributed by atoms with van der Waals surface area (Å²) < 4.78 is 0. The zero-order valence-electron chi connectivity index (χ0n) is 20.9. The van der Waals surface area contributed by atoms with Gasteiger partial charge in [-0.3, -0.25) is 14.4 Å². The number of hydrogen-bond acceptors (Lipinski definition) is 5. The van der Waals surface area contributed by atoms with Crippen molar-refractivity contribution in [3.8, 4) is 0 Å². The Labute approximate surface area is 220 Å². The van der Waals surface area contributed by atoms with Crippen molar-refractivity contribution in [1.82, 2.24) is 0 Å². The van der Waals surface area contributed by atoms with E-state index in [0.717, 1.165) is 6.42 Å². The molecule has 0 saturated heterocycles. The fourth-order valence-electron chi connectivity index (χ4n) is 3.38. The summed E-state index contributed by atoms with van der Waals surface area (Å²) in [6.07, 6.45) is 18.6. The Morgan fingerprint density at radius 1 is 0.618 bits per heavy atom. The van der Waals surface area contributed by atoms with Crippen LogP contribution in [0.15, 0.2) is 0 Å². The summed E-state index contributed by atoms with van der Waals surface area (Å²) in [6.45, 7) is 2.28. The van der Waals surface area contributed by atoms with E-state index in [1.807, 2.05) is 0 Å². The van der Waals surface area contributed by atoms with Crippen LogP contribution in [-0.2, 0) is 19.2 Å². The summed E-state index contributed by atoms with van der Waals surface area (Å²) in [5.41, 5.74) is 2.37. The van der Waals surface area contributed by atoms with Crippen molar-refractivity contribution >= 4 is 46.9 Å². The molecule has 0 saturated carbocycles. The minimum atomic E-state index is -2.74. The molecule has 0 fully saturated rings. The largest absolute Gasteiger partial charge is 0.481 e. The van der Waals surface area contributed by atoms with E-state index >= 15 is 0 Å². The van der Waals surface area contributed by atoms with E-state index < -0.39 is 36.4 Å². The molecule has 196 valence electrons. The Balaban J connectivity index is -0.000000598. The number of nitrogens with two attached hydrogens (primary N) is 1. The van der Waals surface area contributed by atoms with Gasteiger partial charge in [0, 0.05) is 29.5 Å². The predicted octanol–water partition coefficient (Wildman–Crippen LogP) is 4.10. The number of hydrogen-bond donors (Lipinski definition) is 5. The first-order chi connectivity index (χ1) is 15.5. The number of aliphatic hydroxyl groups is 1. The van der Waals surface area contributed by atoms with Crippen LogP contribution in [0.1, 0.15) is 122 Å². The fourth-order valence-corrected chi connectivity index (χ4v) is 3.38. The lowest BCUT2D eigenvalue weighted by Gasteiger charge is -2.18. The topological polar surface area (TPSA) is 175 Å². The van der Waals surface area contributed by atoms with Gasteiger partial charge in [0.15, 0.2) is 5.60 Å². The second kappa shape index (κ2) is 24.7. The number of unbranched alkanes of at least 4 members (excludes halogenated alkanes) is 14. The highest BCUT2D eigenvalue weighted by molar-refractivity contribution is 5.88. The lowest BCUT2D eigenvalue weighted by Crippen LogP contribution is -2.42. The first kappa shape index (κ1) is 37.2. The van der Waals surface area contributed by atoms with Crippen LogP contribution in [0.5, 0.6) is 0 Å². The molecule has 0 aliphatic carbocycles. The van der Waals surface area contributed by atoms with Gasteiger partial charge in [-0.1, -0.05) is 96.8 Å². The van der Waals surface area contributed by atoms with Gasteiger partial charge in [-0.05, 0) is 6.42 Å². The zero-order valence-corrected chi connectivity index (χ0v) is 22.3. The average molecular weight is 500 g/mol. The van der Waals surface area contributed by atoms with Gasteiger partial charge in [0.1, 0.15) is 0 Å². The third kappa shape index (κ3) is 26.9. The number of primary amides is 1. The summed E-state index contributed by atoms with van der Waals surface area (Å²) in [5.74, 6) is -5.17. The number of carbonyl (C=O) groups is 4. The van der Waals surface area contributed by atoms with Gasteiger partial charge < -0.3 is 26.2 Å². The predicted molar refractivity (Wildman–Crippen MR) is 132 cm³/mol. The van der Waals surface area contributed by atoms with Crippen molar-refractivity contribution in [1.29, 1.82) is 0 Å². The van der Waals surface area contributed by atoms with Crippen LogP contribution in [0.3, 0.4) is 0 Å². The fraction of sp³-hybridized carbons (Fsp3) is 0.833. The SMILES string of the molecule is CCCCCCCCCCCCCCCCCC(N)=O.O=C(O)CC(O)(CC(=O)O)C(=O)O.[Mg]. The first-order valence-electron chi connectivity index (χ1n) is 12.2. The summed E-state index contributed by atoms with van der Waals surface area (Å²) in [7, 11) is 0. The Morgan fingerprint density at radius 3 is 1.15 bits per heavy atom. The quantitative estimate of drug-likeness (QED) is 0.116. The molecular formula is C24H45MgNO8. The third-order valence-electron chi connectivity index (χ3n) is 5.31. The average Bonchev–Trinajstić information content (AvgIpc) is 2.70. The molecule has 0 spiro atoms. The second-order valence-electron chi connectivity index (χ2n) is 8.64. The van der Waals surface area contributed by atoms with Crippen molar-refractivity contribution in [2.24, 2.45) is 5.73 Å². The van der Waals surface area contributed by atoms with Crippen molar-refractivity contribution in [3.63, 3.8) is 0 Å². The smallest absolute Gasteiger partial charge is 0.336 e. The Hall–Kier alpha value is -1.39. The van der Waals surface area contributed by atoms with E-state index in [1.54, 1.807) is 0 Å². The van der Waals surface area contributed by atoms with Crippen LogP contribution in [0.25, 0.3) is 0 Å². The van der Waals surface area contributed by atoms with Gasteiger partial charge in [-0.15, -0.1) is 0 Å². The van der Waals surface area contributed by atoms with E-state index in [2.05, 4.69) is 6.92 Å². The standard InChI is InChI=1S/C18H37NO.C6H8O7.Mg/c1-2-3-4-5-6-7-8-9-10-11-12-13-14-15-16-17-18(19)20;7-3(8)1-6(13,5(11)12)2-4(9)10;/h2-17H2,1H3,(H2,19,20);13H,1-2H2,(H,7,8)(H,9,10)(H,11,12);. The van der Waals surface area contributed by atoms with Crippen LogP contribution in [0.2, 0.25) is 0 Å². The molecule has 10 heteroatoms. The summed E-state index contributed by atoms with van der Waals surface area (Å²) in [6, 6.07) is 0. The summed E-state index contributed by atoms with van der Waals surface area (Å²) in [4.78, 5) is 41.0. The Kier molecular flexibility index (Phi) is 27.0. The van der Waals surface area contributed by atoms with Crippen LogP contribution in [-0.4, -0.2) is 72.9 Å². The summed E-state index contributed by atoms with van der Waals surface area (Å²) in [5, 5.41) is 33.8. The molecular weight excluding hydrogens is 455 g/mol. The van der Waals surface area contributed by atoms with E-state index in [4.69, 9.17) is 26.2 Å². The third-order valence-corrected chi connectivity index (χ3v) is 5.31. The molecule has 0 aromatic rings. The van der Waals surface area contributed by atoms with Gasteiger partial charge in [-0.25, -0.2) is 4.79 Å². The Morgan fingerprint density at radius 2 is 0.912 bits per heavy atom. The Bertz CT molecular complexity index is 541. The van der Waals surface area contributed by atoms with Gasteiger partial charge in [0.25, 0.3) is 0 Å². The highest BCUT2D eigenvalue weighted by atomic mass is 24.3. The first-order valence-corrected chi connectivity index (χ1v) is 12.2. The molecule has 9 nitrogen and oxygen atoms in total. The molecule has 34 heavy (non-hydrogen) atoms. The molecule has 6 N–H and O–H groups in total. The number of rotatable bonds is 21. The lowest BCUT2D eigenvalue weighted by atomic mass is 9.96. The highest BCUT2D eigenvalue weighted by Crippen LogP contribution is 2.16. The number of aliphatic carboxylic acids is 3. The number of carboxylic acids is 3. The monoisotopic (exact) mass is 499 g/mol. The zero-order chi connectivity index (χ0) is 25.5. The molecule has 0 aliphatic heterocycles. The van der Waals surface area contributed by atoms with Gasteiger partial charge in [-0.2, -0.15) is 0 Å². The van der Waals surface area contributed by atoms with E-state index in [9.17, 15) is 19.2 Å². The lowest BCUT2D eigenvalue weighted by molar-refractivity contribution is -0.170. The van der Waals surface area contributed by atoms with Crippen LogP contribution >= 0.6 is 0 Å². The van der Waals surface area contributed by atoms with Crippen molar-refractivity contribution in [2.45, 2.75) is 128 Å². The molecule has 2 radical (unpaired) electrons. The molecule has 0 bridgehead atoms. The molecule has 0 unspecified atom stereocenters. The second-order valence-corrected chi connectivity index (χ2v) is 8.64. The molecule has 1 amide bonds. The maximum Gasteiger partial charge on any atom is 0.336 e. The van der Waals surface area contributed by atoms with E-state index in [-0.39, 0.29) is 29.0 Å². The van der Waals surface area contributed by atoms with E-state index in [0.29, 0.717) is 6.42 Å². The van der Waals surface area contributed by atoms with Crippen LogP contribution in [0.4, 0.5) is 0 Å². The molecule has 0 heterocycles. The van der Waals surface area contributed by atoms with Gasteiger partial charge >= 0.3 is 17.9 Å². The minimum absolute atomic E-state index is 0. The summed E-state index contributed by atoms with van der Waals surface area (Å²) >= 11 is 0. The molecule has 0 aromatic carbocycles. The maximum absolute atomic E-state index is 10.6. The molecule has 0 aromatic heterocycles. The molecule has 0 rings (SSSR count). The molecule has 0 atom stereocenters. The maximum atomic E-state index is 10.6. The highest BCUT2D eigenvalue weighted by Gasteiger charge is 2.40. The number of carbonyl (C=O) groups excluding carboxylic acids is 1. The minimum Gasteiger partial charge on any atom is -0.481 e. The van der Waals surface area contributed by atoms with Gasteiger partial charge in [0.2, 0.25) is 5.91 Å². The number of amides is 1. The van der Waals surface area contributed by atoms with Crippen LogP contribution < -0.4 is 5.73 Å². The van der Waals surface area contributed by atoms with Crippen molar-refractivity contribution < 1.29 is 39.6 Å². The van der Waals surface area contributed by atoms with Gasteiger partial charge in [0.05, 0.1) is 12.8 Å². The van der Waals surface area contributed by atoms with Crippen molar-refractivity contribution in [2.75, 3.05) is 0 Å². The van der Waals surface area contributed by atoms with Crippen molar-refractivity contribution in [3.05, 3.63) is 0 Å². The van der Waals surface area contributed by atoms with Crippen LogP contribution in [0, 0.1) is 0 Å². The number of carboxylic acid groups (broad SMARTS) is 3. The normalized spacial score (nSPS) is 10.5. The molecule has 0 aliphatic rings.